The van der Waals surface area contributed by atoms with Gasteiger partial charge in [-0.3, -0.25) is 14.4 Å². The predicted octanol–water partition coefficient (Wildman–Crippen LogP) is 5.34. The van der Waals surface area contributed by atoms with E-state index in [0.29, 0.717) is 30.0 Å². The number of nitrogens with one attached hydrogen (secondary N) is 1. The second kappa shape index (κ2) is 13.3. The van der Waals surface area contributed by atoms with Gasteiger partial charge < -0.3 is 25.4 Å². The number of amides is 1. The lowest BCUT2D eigenvalue weighted by Gasteiger charge is -2.23. The average Bonchev–Trinajstić information content (AvgIpc) is 2.83. The van der Waals surface area contributed by atoms with E-state index >= 15 is 0 Å². The van der Waals surface area contributed by atoms with Gasteiger partial charge >= 0.3 is 11.9 Å². The van der Waals surface area contributed by atoms with Gasteiger partial charge in [0.15, 0.2) is 0 Å². The van der Waals surface area contributed by atoms with Crippen molar-refractivity contribution in [1.29, 1.82) is 0 Å². The fourth-order valence-corrected chi connectivity index (χ4v) is 4.70. The van der Waals surface area contributed by atoms with Crippen molar-refractivity contribution in [3.05, 3.63) is 84.4 Å². The largest absolute Gasteiger partial charge is 0.481 e. The number of thioether (sulfide) groups is 1. The second-order valence-electron chi connectivity index (χ2n) is 8.02. The summed E-state index contributed by atoms with van der Waals surface area (Å²) >= 11 is 1.37. The molecule has 1 amide bonds. The maximum absolute atomic E-state index is 11.8. The van der Waals surface area contributed by atoms with Crippen LogP contribution in [0.2, 0.25) is 0 Å². The fraction of sp³-hybridized carbons (Fsp3) is 0.222. The molecule has 0 spiro atoms. The Hall–Kier alpha value is -3.82. The molecule has 0 heterocycles. The molecule has 0 bridgehead atoms. The molecule has 0 aliphatic rings. The number of carbonyl (C=O) groups excluding carboxylic acids is 1. The van der Waals surface area contributed by atoms with Crippen molar-refractivity contribution in [2.24, 2.45) is 0 Å². The number of carbonyl (C=O) groups is 3. The molecule has 3 rings (SSSR count). The minimum atomic E-state index is -1.22. The van der Waals surface area contributed by atoms with Gasteiger partial charge in [-0.15, -0.1) is 11.8 Å². The highest BCUT2D eigenvalue weighted by Crippen LogP contribution is 2.40. The lowest BCUT2D eigenvalue weighted by Crippen LogP contribution is -2.17. The van der Waals surface area contributed by atoms with E-state index in [1.165, 1.54) is 11.8 Å². The van der Waals surface area contributed by atoms with Crippen molar-refractivity contribution < 1.29 is 34.4 Å². The van der Waals surface area contributed by atoms with Gasteiger partial charge in [0.05, 0.1) is 11.4 Å². The molecular formula is C27H27NO7S. The third-order valence-corrected chi connectivity index (χ3v) is 6.49. The second-order valence-corrected chi connectivity index (χ2v) is 9.24. The Morgan fingerprint density at radius 3 is 2.22 bits per heavy atom. The molecule has 3 aromatic rings. The summed E-state index contributed by atoms with van der Waals surface area (Å²) in [4.78, 5) is 34.2. The highest BCUT2D eigenvalue weighted by Gasteiger charge is 2.23. The Morgan fingerprint density at radius 1 is 0.861 bits per heavy atom. The zero-order valence-electron chi connectivity index (χ0n) is 19.4. The maximum Gasteiger partial charge on any atom is 0.312 e. The molecule has 0 fully saturated rings. The molecule has 0 saturated carbocycles. The van der Waals surface area contributed by atoms with E-state index < -0.39 is 35.6 Å². The molecule has 0 radical (unpaired) electrons. The maximum atomic E-state index is 11.8. The van der Waals surface area contributed by atoms with E-state index in [4.69, 9.17) is 14.9 Å². The number of para-hydroxylation sites is 1. The number of benzene rings is 3. The third-order valence-electron chi connectivity index (χ3n) is 5.12. The number of ether oxygens (including phenoxy) is 1. The summed E-state index contributed by atoms with van der Waals surface area (Å²) < 4.78 is 5.85. The van der Waals surface area contributed by atoms with E-state index in [9.17, 15) is 19.5 Å². The van der Waals surface area contributed by atoms with Gasteiger partial charge in [-0.2, -0.15) is 0 Å². The number of hydrogen-bond donors (Lipinski definition) is 4. The van der Waals surface area contributed by atoms with Gasteiger partial charge in [0.25, 0.3) is 0 Å². The third kappa shape index (κ3) is 8.75. The van der Waals surface area contributed by atoms with Crippen LogP contribution in [0.25, 0.3) is 0 Å². The molecule has 0 aromatic heterocycles. The smallest absolute Gasteiger partial charge is 0.312 e. The summed E-state index contributed by atoms with van der Waals surface area (Å²) in [7, 11) is 0. The first kappa shape index (κ1) is 26.8. The summed E-state index contributed by atoms with van der Waals surface area (Å²) in [6.45, 7) is 0. The fourth-order valence-electron chi connectivity index (χ4n) is 3.47. The normalized spacial score (nSPS) is 12.4. The van der Waals surface area contributed by atoms with Crippen LogP contribution in [0.15, 0.2) is 83.8 Å². The lowest BCUT2D eigenvalue weighted by atomic mass is 10.0. The molecule has 9 heteroatoms. The van der Waals surface area contributed by atoms with Crippen LogP contribution in [0.1, 0.15) is 36.5 Å². The number of aliphatic carboxylic acids is 2. The molecule has 2 atom stereocenters. The standard InChI is InChI=1S/C27H27NO7S/c29-23(10-5-11-25(31)32)27(18-12-14-21(15-13-18)35-20-7-2-1-3-8-20)36-22-9-4-6-19(16-22)28-24(30)17-26(33)34/h1-4,6-9,12-16,23,27,29H,5,10-11,17H2,(H,28,30)(H,31,32)(H,33,34). The summed E-state index contributed by atoms with van der Waals surface area (Å²) in [5.74, 6) is -1.44. The summed E-state index contributed by atoms with van der Waals surface area (Å²) in [5.41, 5.74) is 1.26. The molecule has 188 valence electrons. The van der Waals surface area contributed by atoms with E-state index in [0.717, 1.165) is 10.5 Å². The number of carboxylic acids is 2. The van der Waals surface area contributed by atoms with Crippen LogP contribution >= 0.6 is 11.8 Å². The Bertz CT molecular complexity index is 1170. The number of rotatable bonds is 13. The van der Waals surface area contributed by atoms with E-state index in [1.54, 1.807) is 18.2 Å². The van der Waals surface area contributed by atoms with Gasteiger partial charge in [-0.1, -0.05) is 36.4 Å². The monoisotopic (exact) mass is 509 g/mol. The molecule has 4 N–H and O–H groups in total. The SMILES string of the molecule is O=C(O)CCCC(O)C(Sc1cccc(NC(=O)CC(=O)O)c1)c1ccc(Oc2ccccc2)cc1. The summed E-state index contributed by atoms with van der Waals surface area (Å²) in [6.07, 6.45) is -0.890. The number of hydrogen-bond acceptors (Lipinski definition) is 6. The number of aliphatic hydroxyl groups excluding tert-OH is 1. The molecule has 0 saturated heterocycles. The average molecular weight is 510 g/mol. The molecule has 3 aromatic carbocycles. The minimum Gasteiger partial charge on any atom is -0.481 e. The van der Waals surface area contributed by atoms with Crippen LogP contribution in [0.3, 0.4) is 0 Å². The van der Waals surface area contributed by atoms with Crippen LogP contribution in [0.4, 0.5) is 5.69 Å². The van der Waals surface area contributed by atoms with Crippen LogP contribution in [-0.2, 0) is 14.4 Å². The van der Waals surface area contributed by atoms with Crippen LogP contribution in [0, 0.1) is 0 Å². The first-order valence-corrected chi connectivity index (χ1v) is 12.2. The molecule has 8 nitrogen and oxygen atoms in total. The van der Waals surface area contributed by atoms with Gasteiger partial charge in [0.1, 0.15) is 17.9 Å². The van der Waals surface area contributed by atoms with E-state index in [2.05, 4.69) is 5.32 Å². The van der Waals surface area contributed by atoms with Gasteiger partial charge in [0, 0.05) is 17.0 Å². The van der Waals surface area contributed by atoms with Crippen molar-refractivity contribution >= 4 is 35.3 Å². The molecular weight excluding hydrogens is 482 g/mol. The van der Waals surface area contributed by atoms with Crippen molar-refractivity contribution in [3.8, 4) is 11.5 Å². The highest BCUT2D eigenvalue weighted by atomic mass is 32.2. The van der Waals surface area contributed by atoms with Crippen molar-refractivity contribution in [2.75, 3.05) is 5.32 Å². The zero-order chi connectivity index (χ0) is 25.9. The quantitative estimate of drug-likeness (QED) is 0.179. The minimum absolute atomic E-state index is 0.0383. The first-order valence-electron chi connectivity index (χ1n) is 11.3. The lowest BCUT2D eigenvalue weighted by molar-refractivity contribution is -0.140. The number of aliphatic hydroxyl groups is 1. The Morgan fingerprint density at radius 2 is 1.56 bits per heavy atom. The number of anilines is 1. The summed E-state index contributed by atoms with van der Waals surface area (Å²) in [6, 6.07) is 23.6. The Balaban J connectivity index is 1.77. The zero-order valence-corrected chi connectivity index (χ0v) is 20.2. The van der Waals surface area contributed by atoms with Crippen molar-refractivity contribution in [1.82, 2.24) is 0 Å². The topological polar surface area (TPSA) is 133 Å². The van der Waals surface area contributed by atoms with Crippen LogP contribution < -0.4 is 10.1 Å². The van der Waals surface area contributed by atoms with E-state index in [1.807, 2.05) is 60.7 Å². The first-order chi connectivity index (χ1) is 17.3. The molecule has 2 unspecified atom stereocenters. The van der Waals surface area contributed by atoms with E-state index in [-0.39, 0.29) is 6.42 Å². The van der Waals surface area contributed by atoms with Crippen LogP contribution in [0.5, 0.6) is 11.5 Å². The highest BCUT2D eigenvalue weighted by molar-refractivity contribution is 7.99. The Labute approximate surface area is 212 Å². The van der Waals surface area contributed by atoms with Crippen molar-refractivity contribution in [3.63, 3.8) is 0 Å². The Kier molecular flexibility index (Phi) is 9.91. The van der Waals surface area contributed by atoms with Gasteiger partial charge in [-0.05, 0) is 60.9 Å². The molecule has 36 heavy (non-hydrogen) atoms. The molecule has 0 aliphatic carbocycles. The van der Waals surface area contributed by atoms with Gasteiger partial charge in [0.2, 0.25) is 5.91 Å². The predicted molar refractivity (Wildman–Crippen MR) is 136 cm³/mol. The van der Waals surface area contributed by atoms with Gasteiger partial charge in [-0.25, -0.2) is 0 Å². The number of carboxylic acid groups (broad SMARTS) is 2. The molecule has 0 aliphatic heterocycles. The summed E-state index contributed by atoms with van der Waals surface area (Å²) in [5, 5.41) is 30.9. The van der Waals surface area contributed by atoms with Crippen LogP contribution in [-0.4, -0.2) is 39.3 Å². The van der Waals surface area contributed by atoms with Crippen molar-refractivity contribution in [2.45, 2.75) is 41.9 Å².